The molecule has 0 aliphatic carbocycles. The van der Waals surface area contributed by atoms with Crippen LogP contribution in [0.3, 0.4) is 0 Å². The van der Waals surface area contributed by atoms with Crippen LogP contribution >= 0.6 is 0 Å². The summed E-state index contributed by atoms with van der Waals surface area (Å²) in [6.45, 7) is 0.521. The third-order valence-corrected chi connectivity index (χ3v) is 5.58. The second-order valence-corrected chi connectivity index (χ2v) is 7.68. The quantitative estimate of drug-likeness (QED) is 0.864. The molecule has 1 fully saturated rings. The van der Waals surface area contributed by atoms with Crippen LogP contribution in [0.2, 0.25) is 0 Å². The molecule has 0 unspecified atom stereocenters. The Morgan fingerprint density at radius 2 is 2.10 bits per heavy atom. The van der Waals surface area contributed by atoms with Gasteiger partial charge in [-0.05, 0) is 13.5 Å². The molecule has 1 aliphatic rings. The van der Waals surface area contributed by atoms with Gasteiger partial charge in [-0.3, -0.25) is 4.90 Å². The fraction of sp³-hybridized carbons (Fsp3) is 0.400. The van der Waals surface area contributed by atoms with Gasteiger partial charge in [0.15, 0.2) is 15.6 Å². The Balaban J connectivity index is 1.68. The van der Waals surface area contributed by atoms with Gasteiger partial charge in [-0.1, -0.05) is 30.3 Å². The summed E-state index contributed by atoms with van der Waals surface area (Å²) in [5.41, 5.74) is 0.988. The minimum absolute atomic E-state index is 0.0575. The maximum atomic E-state index is 11.5. The second kappa shape index (κ2) is 5.61. The summed E-state index contributed by atoms with van der Waals surface area (Å²) in [5.74, 6) is 1.86. The van der Waals surface area contributed by atoms with Crippen molar-refractivity contribution in [2.75, 3.05) is 18.6 Å². The lowest BCUT2D eigenvalue weighted by atomic mass is 10.2. The van der Waals surface area contributed by atoms with Crippen LogP contribution in [0.1, 0.15) is 12.3 Å². The molecule has 1 atom stereocenters. The van der Waals surface area contributed by atoms with Crippen molar-refractivity contribution < 1.29 is 12.8 Å². The molecule has 2 heterocycles. The highest BCUT2D eigenvalue weighted by molar-refractivity contribution is 7.91. The Morgan fingerprint density at radius 3 is 2.76 bits per heavy atom. The first kappa shape index (κ1) is 14.3. The number of nitrogens with zero attached hydrogens (tertiary/aromatic N) is 2. The van der Waals surface area contributed by atoms with E-state index in [1.807, 2.05) is 42.3 Å². The molecule has 0 N–H and O–H groups in total. The van der Waals surface area contributed by atoms with Crippen molar-refractivity contribution >= 4 is 9.84 Å². The normalized spacial score (nSPS) is 21.0. The maximum absolute atomic E-state index is 11.5. The fourth-order valence-electron chi connectivity index (χ4n) is 2.58. The highest BCUT2D eigenvalue weighted by Crippen LogP contribution is 2.22. The van der Waals surface area contributed by atoms with E-state index in [0.29, 0.717) is 18.9 Å². The second-order valence-electron chi connectivity index (χ2n) is 5.46. The number of oxazole rings is 1. The molecule has 112 valence electrons. The van der Waals surface area contributed by atoms with Gasteiger partial charge < -0.3 is 4.42 Å². The summed E-state index contributed by atoms with van der Waals surface area (Å²) < 4.78 is 28.8. The smallest absolute Gasteiger partial charge is 0.209 e. The van der Waals surface area contributed by atoms with Gasteiger partial charge in [0.05, 0.1) is 24.2 Å². The van der Waals surface area contributed by atoms with E-state index in [1.54, 1.807) is 6.20 Å². The molecule has 0 saturated carbocycles. The molecule has 1 aromatic carbocycles. The molecule has 1 aliphatic heterocycles. The largest absolute Gasteiger partial charge is 0.439 e. The molecule has 2 aromatic rings. The molecule has 0 bridgehead atoms. The first-order valence-corrected chi connectivity index (χ1v) is 8.76. The highest BCUT2D eigenvalue weighted by Gasteiger charge is 2.31. The first-order chi connectivity index (χ1) is 10.0. The van der Waals surface area contributed by atoms with Crippen molar-refractivity contribution in [2.24, 2.45) is 0 Å². The Kier molecular flexibility index (Phi) is 3.82. The third-order valence-electron chi connectivity index (χ3n) is 3.83. The molecule has 1 saturated heterocycles. The average molecular weight is 306 g/mol. The Labute approximate surface area is 124 Å². The van der Waals surface area contributed by atoms with Gasteiger partial charge in [-0.2, -0.15) is 0 Å². The summed E-state index contributed by atoms with van der Waals surface area (Å²) in [5, 5.41) is 0. The number of rotatable bonds is 4. The van der Waals surface area contributed by atoms with E-state index in [-0.39, 0.29) is 17.5 Å². The monoisotopic (exact) mass is 306 g/mol. The zero-order valence-electron chi connectivity index (χ0n) is 11.9. The standard InChI is InChI=1S/C15H18N2O3S/c1-17(13-7-8-21(18,19)11-13)10-15-16-9-14(20-15)12-5-3-2-4-6-12/h2-6,9,13H,7-8,10-11H2,1H3/t13-/m1/s1. The van der Waals surface area contributed by atoms with E-state index >= 15 is 0 Å². The molecule has 6 heteroatoms. The highest BCUT2D eigenvalue weighted by atomic mass is 32.2. The lowest BCUT2D eigenvalue weighted by Gasteiger charge is -2.20. The van der Waals surface area contributed by atoms with Gasteiger partial charge in [-0.25, -0.2) is 13.4 Å². The van der Waals surface area contributed by atoms with Gasteiger partial charge in [0.25, 0.3) is 0 Å². The van der Waals surface area contributed by atoms with E-state index in [4.69, 9.17) is 4.42 Å². The molecule has 0 amide bonds. The molecule has 5 nitrogen and oxygen atoms in total. The minimum Gasteiger partial charge on any atom is -0.439 e. The van der Waals surface area contributed by atoms with Crippen LogP contribution in [0.4, 0.5) is 0 Å². The van der Waals surface area contributed by atoms with E-state index in [9.17, 15) is 8.42 Å². The molecular weight excluding hydrogens is 288 g/mol. The molecule has 21 heavy (non-hydrogen) atoms. The molecule has 0 spiro atoms. The molecule has 1 aromatic heterocycles. The zero-order valence-corrected chi connectivity index (χ0v) is 12.7. The molecule has 3 rings (SSSR count). The molecular formula is C15H18N2O3S. The average Bonchev–Trinajstić information content (AvgIpc) is 3.06. The van der Waals surface area contributed by atoms with Crippen LogP contribution in [-0.2, 0) is 16.4 Å². The van der Waals surface area contributed by atoms with Crippen molar-refractivity contribution in [2.45, 2.75) is 19.0 Å². The van der Waals surface area contributed by atoms with Crippen LogP contribution in [0, 0.1) is 0 Å². The maximum Gasteiger partial charge on any atom is 0.209 e. The van der Waals surface area contributed by atoms with Crippen molar-refractivity contribution in [3.8, 4) is 11.3 Å². The van der Waals surface area contributed by atoms with Crippen LogP contribution in [0.25, 0.3) is 11.3 Å². The summed E-state index contributed by atoms with van der Waals surface area (Å²) in [6, 6.07) is 9.85. The lowest BCUT2D eigenvalue weighted by molar-refractivity contribution is 0.230. The molecule has 0 radical (unpaired) electrons. The summed E-state index contributed by atoms with van der Waals surface area (Å²) in [7, 11) is -0.949. The number of hydrogen-bond acceptors (Lipinski definition) is 5. The van der Waals surface area contributed by atoms with E-state index < -0.39 is 9.84 Å². The van der Waals surface area contributed by atoms with Crippen molar-refractivity contribution in [3.05, 3.63) is 42.4 Å². The van der Waals surface area contributed by atoms with Gasteiger partial charge in [0.2, 0.25) is 5.89 Å². The lowest BCUT2D eigenvalue weighted by Crippen LogP contribution is -2.32. The fourth-order valence-corrected chi connectivity index (χ4v) is 4.39. The van der Waals surface area contributed by atoms with Crippen molar-refractivity contribution in [3.63, 3.8) is 0 Å². The number of benzene rings is 1. The Bertz CT molecular complexity index is 710. The minimum atomic E-state index is -2.86. The van der Waals surface area contributed by atoms with E-state index in [2.05, 4.69) is 4.98 Å². The van der Waals surface area contributed by atoms with Crippen molar-refractivity contribution in [1.82, 2.24) is 9.88 Å². The first-order valence-electron chi connectivity index (χ1n) is 6.94. The summed E-state index contributed by atoms with van der Waals surface area (Å²) in [6.07, 6.45) is 2.40. The predicted octanol–water partition coefficient (Wildman–Crippen LogP) is 1.96. The topological polar surface area (TPSA) is 63.4 Å². The Hall–Kier alpha value is -1.66. The van der Waals surface area contributed by atoms with Gasteiger partial charge in [0.1, 0.15) is 0 Å². The third kappa shape index (κ3) is 3.33. The van der Waals surface area contributed by atoms with Crippen LogP contribution < -0.4 is 0 Å². The van der Waals surface area contributed by atoms with Gasteiger partial charge in [-0.15, -0.1) is 0 Å². The Morgan fingerprint density at radius 1 is 1.33 bits per heavy atom. The van der Waals surface area contributed by atoms with Crippen molar-refractivity contribution in [1.29, 1.82) is 0 Å². The van der Waals surface area contributed by atoms with E-state index in [1.165, 1.54) is 0 Å². The summed E-state index contributed by atoms with van der Waals surface area (Å²) >= 11 is 0. The number of hydrogen-bond donors (Lipinski definition) is 0. The van der Waals surface area contributed by atoms with Gasteiger partial charge >= 0.3 is 0 Å². The number of aromatic nitrogens is 1. The number of sulfone groups is 1. The predicted molar refractivity (Wildman–Crippen MR) is 80.5 cm³/mol. The van der Waals surface area contributed by atoms with E-state index in [0.717, 1.165) is 11.3 Å². The zero-order chi connectivity index (χ0) is 14.9. The summed E-state index contributed by atoms with van der Waals surface area (Å²) in [4.78, 5) is 6.29. The van der Waals surface area contributed by atoms with Crippen LogP contribution in [0.5, 0.6) is 0 Å². The SMILES string of the molecule is CN(Cc1ncc(-c2ccccc2)o1)[C@@H]1CCS(=O)(=O)C1. The van der Waals surface area contributed by atoms with Crippen LogP contribution in [-0.4, -0.2) is 42.9 Å². The van der Waals surface area contributed by atoms with Gasteiger partial charge in [0, 0.05) is 11.6 Å². The van der Waals surface area contributed by atoms with Crippen LogP contribution in [0.15, 0.2) is 40.9 Å².